The van der Waals surface area contributed by atoms with Gasteiger partial charge in [-0.15, -0.1) is 11.3 Å². The fraction of sp³-hybridized carbons (Fsp3) is 0.421. The minimum atomic E-state index is 0.678. The molecule has 0 bridgehead atoms. The van der Waals surface area contributed by atoms with E-state index in [2.05, 4.69) is 51.7 Å². The summed E-state index contributed by atoms with van der Waals surface area (Å²) in [6.07, 6.45) is 0. The molecule has 1 aliphatic heterocycles. The second-order valence-corrected chi connectivity index (χ2v) is 6.87. The lowest BCUT2D eigenvalue weighted by Gasteiger charge is -2.37. The highest BCUT2D eigenvalue weighted by Gasteiger charge is 2.20. The summed E-state index contributed by atoms with van der Waals surface area (Å²) in [6.45, 7) is 7.73. The molecular weight excluding hydrogens is 332 g/mol. The molecule has 0 spiro atoms. The quantitative estimate of drug-likeness (QED) is 0.659. The van der Waals surface area contributed by atoms with Gasteiger partial charge in [0.25, 0.3) is 0 Å². The van der Waals surface area contributed by atoms with Crippen LogP contribution >= 0.6 is 11.3 Å². The SMILES string of the molecule is CCNC(=NCc1ccc(OC)cc1)N1CCN(c2cccs2)CC1. The van der Waals surface area contributed by atoms with Gasteiger partial charge in [0, 0.05) is 32.7 Å². The zero-order valence-electron chi connectivity index (χ0n) is 14.9. The van der Waals surface area contributed by atoms with Crippen LogP contribution < -0.4 is 15.0 Å². The Hall–Kier alpha value is -2.21. The van der Waals surface area contributed by atoms with Crippen molar-refractivity contribution in [1.82, 2.24) is 10.2 Å². The minimum Gasteiger partial charge on any atom is -0.497 e. The number of anilines is 1. The van der Waals surface area contributed by atoms with Crippen LogP contribution in [0.25, 0.3) is 0 Å². The van der Waals surface area contributed by atoms with Gasteiger partial charge in [0.05, 0.1) is 18.7 Å². The van der Waals surface area contributed by atoms with Crippen LogP contribution in [0.1, 0.15) is 12.5 Å². The molecule has 0 unspecified atom stereocenters. The molecule has 1 saturated heterocycles. The van der Waals surface area contributed by atoms with Crippen LogP contribution in [0, 0.1) is 0 Å². The number of rotatable bonds is 5. The third kappa shape index (κ3) is 4.66. The molecule has 1 fully saturated rings. The molecule has 0 radical (unpaired) electrons. The van der Waals surface area contributed by atoms with Crippen LogP contribution in [-0.4, -0.2) is 50.7 Å². The van der Waals surface area contributed by atoms with E-state index in [1.165, 1.54) is 10.6 Å². The molecule has 6 heteroatoms. The number of ether oxygens (including phenoxy) is 1. The van der Waals surface area contributed by atoms with E-state index in [0.29, 0.717) is 6.54 Å². The number of hydrogen-bond donors (Lipinski definition) is 1. The highest BCUT2D eigenvalue weighted by molar-refractivity contribution is 7.14. The molecule has 1 N–H and O–H groups in total. The first-order valence-electron chi connectivity index (χ1n) is 8.75. The van der Waals surface area contributed by atoms with E-state index in [4.69, 9.17) is 9.73 Å². The van der Waals surface area contributed by atoms with Crippen LogP contribution in [0.3, 0.4) is 0 Å². The van der Waals surface area contributed by atoms with Gasteiger partial charge in [0.2, 0.25) is 0 Å². The Morgan fingerprint density at radius 1 is 1.16 bits per heavy atom. The number of methoxy groups -OCH3 is 1. The van der Waals surface area contributed by atoms with Crippen LogP contribution in [0.5, 0.6) is 5.75 Å². The van der Waals surface area contributed by atoms with Gasteiger partial charge in [0.1, 0.15) is 5.75 Å². The van der Waals surface area contributed by atoms with E-state index in [1.807, 2.05) is 23.5 Å². The van der Waals surface area contributed by atoms with Gasteiger partial charge in [0.15, 0.2) is 5.96 Å². The van der Waals surface area contributed by atoms with Crippen LogP contribution in [0.15, 0.2) is 46.8 Å². The molecule has 134 valence electrons. The van der Waals surface area contributed by atoms with E-state index in [0.717, 1.165) is 44.4 Å². The fourth-order valence-electron chi connectivity index (χ4n) is 2.91. The molecule has 1 aliphatic rings. The second-order valence-electron chi connectivity index (χ2n) is 5.94. The second kappa shape index (κ2) is 8.76. The predicted octanol–water partition coefficient (Wildman–Crippen LogP) is 3.04. The highest BCUT2D eigenvalue weighted by Crippen LogP contribution is 2.22. The highest BCUT2D eigenvalue weighted by atomic mass is 32.1. The normalized spacial score (nSPS) is 15.4. The third-order valence-electron chi connectivity index (χ3n) is 4.30. The van der Waals surface area contributed by atoms with Crippen molar-refractivity contribution in [3.8, 4) is 5.75 Å². The van der Waals surface area contributed by atoms with Gasteiger partial charge < -0.3 is 19.9 Å². The molecule has 0 amide bonds. The molecule has 0 atom stereocenters. The van der Waals surface area contributed by atoms with Crippen molar-refractivity contribution in [2.45, 2.75) is 13.5 Å². The lowest BCUT2D eigenvalue weighted by atomic mass is 10.2. The summed E-state index contributed by atoms with van der Waals surface area (Å²) in [6, 6.07) is 12.4. The number of nitrogens with one attached hydrogen (secondary N) is 1. The predicted molar refractivity (Wildman–Crippen MR) is 106 cm³/mol. The maximum absolute atomic E-state index is 5.21. The Morgan fingerprint density at radius 3 is 2.52 bits per heavy atom. The average molecular weight is 359 g/mol. The van der Waals surface area contributed by atoms with Crippen molar-refractivity contribution in [3.63, 3.8) is 0 Å². The van der Waals surface area contributed by atoms with Gasteiger partial charge in [-0.3, -0.25) is 0 Å². The van der Waals surface area contributed by atoms with Crippen molar-refractivity contribution < 1.29 is 4.74 Å². The molecule has 25 heavy (non-hydrogen) atoms. The summed E-state index contributed by atoms with van der Waals surface area (Å²) in [5.74, 6) is 1.88. The first-order valence-corrected chi connectivity index (χ1v) is 9.62. The average Bonchev–Trinajstić information content (AvgIpc) is 3.20. The Balaban J connectivity index is 1.60. The minimum absolute atomic E-state index is 0.678. The zero-order chi connectivity index (χ0) is 17.5. The van der Waals surface area contributed by atoms with Gasteiger partial charge in [-0.05, 0) is 42.1 Å². The number of aliphatic imine (C=N–C) groups is 1. The number of hydrogen-bond acceptors (Lipinski definition) is 4. The zero-order valence-corrected chi connectivity index (χ0v) is 15.8. The lowest BCUT2D eigenvalue weighted by Crippen LogP contribution is -2.52. The van der Waals surface area contributed by atoms with Crippen molar-refractivity contribution in [2.24, 2.45) is 4.99 Å². The molecule has 0 aliphatic carbocycles. The number of thiophene rings is 1. The summed E-state index contributed by atoms with van der Waals surface area (Å²) in [4.78, 5) is 9.64. The molecule has 3 rings (SSSR count). The van der Waals surface area contributed by atoms with Crippen molar-refractivity contribution >= 4 is 22.3 Å². The van der Waals surface area contributed by atoms with Crippen LogP contribution in [0.2, 0.25) is 0 Å². The summed E-state index contributed by atoms with van der Waals surface area (Å²) in [5, 5.41) is 6.93. The monoisotopic (exact) mass is 358 g/mol. The standard InChI is InChI=1S/C19H26N4OS/c1-3-20-19(21-15-16-6-8-17(24-2)9-7-16)23-12-10-22(11-13-23)18-5-4-14-25-18/h4-9,14H,3,10-13,15H2,1-2H3,(H,20,21). The molecule has 0 saturated carbocycles. The third-order valence-corrected chi connectivity index (χ3v) is 5.23. The Morgan fingerprint density at radius 2 is 1.92 bits per heavy atom. The van der Waals surface area contributed by atoms with E-state index >= 15 is 0 Å². The Bertz CT molecular complexity index is 661. The van der Waals surface area contributed by atoms with E-state index in [1.54, 1.807) is 7.11 Å². The molecule has 1 aromatic heterocycles. The summed E-state index contributed by atoms with van der Waals surface area (Å²) in [7, 11) is 1.69. The van der Waals surface area contributed by atoms with Gasteiger partial charge >= 0.3 is 0 Å². The molecular formula is C19H26N4OS. The Labute approximate surface area is 153 Å². The molecule has 2 heterocycles. The maximum atomic E-state index is 5.21. The molecule has 2 aromatic rings. The van der Waals surface area contributed by atoms with E-state index in [9.17, 15) is 0 Å². The van der Waals surface area contributed by atoms with Gasteiger partial charge in [-0.1, -0.05) is 12.1 Å². The Kier molecular flexibility index (Phi) is 6.17. The topological polar surface area (TPSA) is 40.1 Å². The first kappa shape index (κ1) is 17.6. The van der Waals surface area contributed by atoms with Crippen molar-refractivity contribution in [3.05, 3.63) is 47.3 Å². The van der Waals surface area contributed by atoms with Crippen LogP contribution in [-0.2, 0) is 6.54 Å². The summed E-state index contributed by atoms with van der Waals surface area (Å²) >= 11 is 1.81. The number of nitrogens with zero attached hydrogens (tertiary/aromatic N) is 3. The summed E-state index contributed by atoms with van der Waals surface area (Å²) in [5.41, 5.74) is 1.19. The maximum Gasteiger partial charge on any atom is 0.194 e. The molecule has 1 aromatic carbocycles. The summed E-state index contributed by atoms with van der Waals surface area (Å²) < 4.78 is 5.21. The number of guanidine groups is 1. The fourth-order valence-corrected chi connectivity index (χ4v) is 3.70. The number of benzene rings is 1. The van der Waals surface area contributed by atoms with Gasteiger partial charge in [-0.25, -0.2) is 4.99 Å². The lowest BCUT2D eigenvalue weighted by molar-refractivity contribution is 0.373. The smallest absolute Gasteiger partial charge is 0.194 e. The van der Waals surface area contributed by atoms with E-state index < -0.39 is 0 Å². The molecule has 5 nitrogen and oxygen atoms in total. The largest absolute Gasteiger partial charge is 0.497 e. The van der Waals surface area contributed by atoms with E-state index in [-0.39, 0.29) is 0 Å². The first-order chi connectivity index (χ1) is 12.3. The number of piperazine rings is 1. The van der Waals surface area contributed by atoms with Crippen LogP contribution in [0.4, 0.5) is 5.00 Å². The van der Waals surface area contributed by atoms with Crippen molar-refractivity contribution in [1.29, 1.82) is 0 Å². The van der Waals surface area contributed by atoms with Crippen molar-refractivity contribution in [2.75, 3.05) is 44.7 Å². The van der Waals surface area contributed by atoms with Gasteiger partial charge in [-0.2, -0.15) is 0 Å².